The average molecular weight is 221 g/mol. The lowest BCUT2D eigenvalue weighted by Gasteiger charge is -2.05. The molecule has 2 aromatic rings. The van der Waals surface area contributed by atoms with Gasteiger partial charge in [0, 0.05) is 12.7 Å². The highest BCUT2D eigenvalue weighted by Crippen LogP contribution is 2.11. The van der Waals surface area contributed by atoms with E-state index in [4.69, 9.17) is 0 Å². The molecule has 0 aliphatic rings. The zero-order valence-electron chi connectivity index (χ0n) is 9.11. The molecule has 2 rings (SSSR count). The summed E-state index contributed by atoms with van der Waals surface area (Å²) in [5.74, 6) is 0.0517. The molecule has 1 N–H and O–H groups in total. The molecule has 5 nitrogen and oxygen atoms in total. The fourth-order valence-corrected chi connectivity index (χ4v) is 1.29. The maximum absolute atomic E-state index is 13.5. The van der Waals surface area contributed by atoms with Gasteiger partial charge in [0.2, 0.25) is 5.95 Å². The minimum atomic E-state index is -0.496. The third-order valence-electron chi connectivity index (χ3n) is 1.99. The molecule has 0 aliphatic carbocycles. The van der Waals surface area contributed by atoms with Crippen molar-refractivity contribution in [3.63, 3.8) is 0 Å². The molecule has 0 atom stereocenters. The molecule has 0 saturated heterocycles. The summed E-state index contributed by atoms with van der Waals surface area (Å²) in [5, 5.41) is 6.93. The zero-order chi connectivity index (χ0) is 11.5. The first kappa shape index (κ1) is 10.5. The van der Waals surface area contributed by atoms with Gasteiger partial charge in [0.25, 0.3) is 0 Å². The highest BCUT2D eigenvalue weighted by molar-refractivity contribution is 5.32. The molecule has 84 valence electrons. The lowest BCUT2D eigenvalue weighted by Crippen LogP contribution is -2.08. The third kappa shape index (κ3) is 2.00. The summed E-state index contributed by atoms with van der Waals surface area (Å²) in [7, 11) is 0. The normalized spacial score (nSPS) is 10.4. The molecule has 0 saturated carbocycles. The first-order valence-electron chi connectivity index (χ1n) is 4.98. The van der Waals surface area contributed by atoms with Crippen LogP contribution in [0.1, 0.15) is 12.5 Å². The molecular weight excluding hydrogens is 209 g/mol. The fraction of sp³-hybridized carbons (Fsp3) is 0.300. The maximum atomic E-state index is 13.5. The summed E-state index contributed by atoms with van der Waals surface area (Å²) in [6.45, 7) is 4.49. The molecule has 16 heavy (non-hydrogen) atoms. The van der Waals surface area contributed by atoms with Crippen molar-refractivity contribution in [2.75, 3.05) is 11.9 Å². The van der Waals surface area contributed by atoms with Crippen molar-refractivity contribution in [2.24, 2.45) is 0 Å². The predicted octanol–water partition coefficient (Wildman–Crippen LogP) is 1.54. The number of nitrogens with one attached hydrogen (secondary N) is 1. The van der Waals surface area contributed by atoms with Crippen LogP contribution in [-0.4, -0.2) is 26.3 Å². The standard InChI is InChI=1S/C10H12FN5/c1-3-12-10-13-5-8(11)9(15-10)16-6-7(2)4-14-16/h4-6H,3H2,1-2H3,(H,12,13,15). The number of aryl methyl sites for hydroxylation is 1. The molecule has 0 fully saturated rings. The Kier molecular flexibility index (Phi) is 2.80. The SMILES string of the molecule is CCNc1ncc(F)c(-n2cc(C)cn2)n1. The highest BCUT2D eigenvalue weighted by atomic mass is 19.1. The van der Waals surface area contributed by atoms with Crippen LogP contribution < -0.4 is 5.32 Å². The Morgan fingerprint density at radius 3 is 2.88 bits per heavy atom. The minimum absolute atomic E-state index is 0.152. The van der Waals surface area contributed by atoms with E-state index in [0.717, 1.165) is 11.8 Å². The van der Waals surface area contributed by atoms with Crippen molar-refractivity contribution in [1.29, 1.82) is 0 Å². The molecule has 0 bridgehead atoms. The summed E-state index contributed by atoms with van der Waals surface area (Å²) in [6, 6.07) is 0. The number of anilines is 1. The van der Waals surface area contributed by atoms with Crippen LogP contribution in [0.3, 0.4) is 0 Å². The number of halogens is 1. The lowest BCUT2D eigenvalue weighted by molar-refractivity contribution is 0.593. The van der Waals surface area contributed by atoms with Crippen LogP contribution in [-0.2, 0) is 0 Å². The third-order valence-corrected chi connectivity index (χ3v) is 1.99. The Morgan fingerprint density at radius 1 is 1.44 bits per heavy atom. The molecule has 2 aromatic heterocycles. The molecule has 0 aromatic carbocycles. The second-order valence-electron chi connectivity index (χ2n) is 3.36. The van der Waals surface area contributed by atoms with E-state index in [2.05, 4.69) is 20.4 Å². The smallest absolute Gasteiger partial charge is 0.224 e. The fourth-order valence-electron chi connectivity index (χ4n) is 1.29. The molecule has 0 aliphatic heterocycles. The Morgan fingerprint density at radius 2 is 2.25 bits per heavy atom. The number of rotatable bonds is 3. The van der Waals surface area contributed by atoms with Gasteiger partial charge in [-0.1, -0.05) is 0 Å². The van der Waals surface area contributed by atoms with Crippen molar-refractivity contribution in [3.05, 3.63) is 30.0 Å². The van der Waals surface area contributed by atoms with Gasteiger partial charge in [0.1, 0.15) is 0 Å². The van der Waals surface area contributed by atoms with Gasteiger partial charge in [-0.3, -0.25) is 0 Å². The van der Waals surface area contributed by atoms with E-state index in [1.165, 1.54) is 4.68 Å². The van der Waals surface area contributed by atoms with Crippen LogP contribution in [0, 0.1) is 12.7 Å². The van der Waals surface area contributed by atoms with Crippen LogP contribution >= 0.6 is 0 Å². The number of nitrogens with zero attached hydrogens (tertiary/aromatic N) is 4. The molecular formula is C10H12FN5. The molecule has 0 unspecified atom stereocenters. The van der Waals surface area contributed by atoms with Crippen LogP contribution in [0.5, 0.6) is 0 Å². The lowest BCUT2D eigenvalue weighted by atomic mass is 10.4. The summed E-state index contributed by atoms with van der Waals surface area (Å²) >= 11 is 0. The number of aromatic nitrogens is 4. The minimum Gasteiger partial charge on any atom is -0.354 e. The van der Waals surface area contributed by atoms with Crippen molar-refractivity contribution in [3.8, 4) is 5.82 Å². The van der Waals surface area contributed by atoms with Crippen molar-refractivity contribution in [1.82, 2.24) is 19.7 Å². The largest absolute Gasteiger partial charge is 0.354 e. The number of hydrogen-bond donors (Lipinski definition) is 1. The molecule has 0 amide bonds. The van der Waals surface area contributed by atoms with E-state index in [0.29, 0.717) is 12.5 Å². The van der Waals surface area contributed by atoms with Gasteiger partial charge < -0.3 is 5.32 Å². The van der Waals surface area contributed by atoms with E-state index in [9.17, 15) is 4.39 Å². The van der Waals surface area contributed by atoms with E-state index in [-0.39, 0.29) is 5.82 Å². The van der Waals surface area contributed by atoms with Crippen LogP contribution in [0.4, 0.5) is 10.3 Å². The van der Waals surface area contributed by atoms with Gasteiger partial charge in [-0.25, -0.2) is 14.1 Å². The maximum Gasteiger partial charge on any atom is 0.224 e. The van der Waals surface area contributed by atoms with Gasteiger partial charge in [-0.05, 0) is 19.4 Å². The topological polar surface area (TPSA) is 55.6 Å². The zero-order valence-corrected chi connectivity index (χ0v) is 9.11. The first-order valence-corrected chi connectivity index (χ1v) is 4.98. The molecule has 0 radical (unpaired) electrons. The van der Waals surface area contributed by atoms with Gasteiger partial charge in [-0.2, -0.15) is 10.1 Å². The monoisotopic (exact) mass is 221 g/mol. The predicted molar refractivity (Wildman–Crippen MR) is 58.0 cm³/mol. The van der Waals surface area contributed by atoms with Gasteiger partial charge in [0.05, 0.1) is 12.4 Å². The number of hydrogen-bond acceptors (Lipinski definition) is 4. The summed E-state index contributed by atoms with van der Waals surface area (Å²) in [5.41, 5.74) is 0.947. The van der Waals surface area contributed by atoms with Gasteiger partial charge in [0.15, 0.2) is 11.6 Å². The summed E-state index contributed by atoms with van der Waals surface area (Å²) in [4.78, 5) is 7.87. The van der Waals surface area contributed by atoms with Crippen molar-refractivity contribution >= 4 is 5.95 Å². The average Bonchev–Trinajstić information content (AvgIpc) is 2.68. The van der Waals surface area contributed by atoms with Gasteiger partial charge >= 0.3 is 0 Å². The summed E-state index contributed by atoms with van der Waals surface area (Å²) in [6.07, 6.45) is 4.49. The second-order valence-corrected chi connectivity index (χ2v) is 3.36. The van der Waals surface area contributed by atoms with Crippen molar-refractivity contribution < 1.29 is 4.39 Å². The molecule has 6 heteroatoms. The van der Waals surface area contributed by atoms with Crippen LogP contribution in [0.2, 0.25) is 0 Å². The first-order chi connectivity index (χ1) is 7.70. The quantitative estimate of drug-likeness (QED) is 0.854. The summed E-state index contributed by atoms with van der Waals surface area (Å²) < 4.78 is 14.9. The Balaban J connectivity index is 2.42. The second kappa shape index (κ2) is 4.26. The van der Waals surface area contributed by atoms with E-state index in [1.807, 2.05) is 13.8 Å². The van der Waals surface area contributed by atoms with Gasteiger partial charge in [-0.15, -0.1) is 0 Å². The van der Waals surface area contributed by atoms with E-state index < -0.39 is 5.82 Å². The van der Waals surface area contributed by atoms with Crippen molar-refractivity contribution in [2.45, 2.75) is 13.8 Å². The Hall–Kier alpha value is -1.98. The molecule has 2 heterocycles. The van der Waals surface area contributed by atoms with E-state index >= 15 is 0 Å². The van der Waals surface area contributed by atoms with Crippen LogP contribution in [0.25, 0.3) is 5.82 Å². The Labute approximate surface area is 92.3 Å². The Bertz CT molecular complexity index is 494. The highest BCUT2D eigenvalue weighted by Gasteiger charge is 2.09. The van der Waals surface area contributed by atoms with Crippen LogP contribution in [0.15, 0.2) is 18.6 Å². The molecule has 0 spiro atoms. The van der Waals surface area contributed by atoms with E-state index in [1.54, 1.807) is 12.4 Å².